The van der Waals surface area contributed by atoms with Crippen LogP contribution in [-0.2, 0) is 16.0 Å². The van der Waals surface area contributed by atoms with Crippen molar-refractivity contribution in [2.45, 2.75) is 13.3 Å². The van der Waals surface area contributed by atoms with Crippen LogP contribution in [0, 0.1) is 0 Å². The fraction of sp³-hybridized carbons (Fsp3) is 0.250. The van der Waals surface area contributed by atoms with Gasteiger partial charge in [-0.2, -0.15) is 0 Å². The first-order valence-electron chi connectivity index (χ1n) is 8.72. The molecule has 28 heavy (non-hydrogen) atoms. The third kappa shape index (κ3) is 7.28. The molecule has 2 aromatic rings. The van der Waals surface area contributed by atoms with Crippen molar-refractivity contribution >= 4 is 29.6 Å². The number of rotatable bonds is 8. The minimum Gasteiger partial charge on any atom is -0.434 e. The molecule has 0 fully saturated rings. The summed E-state index contributed by atoms with van der Waals surface area (Å²) in [4.78, 5) is 35.2. The number of amides is 2. The van der Waals surface area contributed by atoms with Crippen LogP contribution >= 0.6 is 11.6 Å². The van der Waals surface area contributed by atoms with E-state index in [1.165, 1.54) is 24.3 Å². The van der Waals surface area contributed by atoms with Gasteiger partial charge in [-0.25, -0.2) is 4.79 Å². The lowest BCUT2D eigenvalue weighted by Gasteiger charge is -2.08. The number of carbonyl (C=O) groups excluding carboxylic acids is 3. The van der Waals surface area contributed by atoms with Crippen molar-refractivity contribution in [2.75, 3.05) is 19.7 Å². The molecule has 7 nitrogen and oxygen atoms in total. The smallest absolute Gasteiger partial charge is 0.434 e. The Labute approximate surface area is 168 Å². The molecule has 0 heterocycles. The fourth-order valence-electron chi connectivity index (χ4n) is 2.25. The molecule has 0 aliphatic rings. The summed E-state index contributed by atoms with van der Waals surface area (Å²) in [5, 5.41) is 6.06. The molecule has 148 valence electrons. The fourth-order valence-corrected chi connectivity index (χ4v) is 2.37. The monoisotopic (exact) mass is 404 g/mol. The van der Waals surface area contributed by atoms with Crippen molar-refractivity contribution < 1.29 is 23.9 Å². The number of benzene rings is 2. The molecule has 2 amide bonds. The molecule has 8 heteroatoms. The highest BCUT2D eigenvalue weighted by Crippen LogP contribution is 2.13. The first-order valence-corrected chi connectivity index (χ1v) is 9.09. The van der Waals surface area contributed by atoms with E-state index in [9.17, 15) is 14.4 Å². The zero-order valence-corrected chi connectivity index (χ0v) is 16.1. The minimum absolute atomic E-state index is 0.142. The average Bonchev–Trinajstić information content (AvgIpc) is 2.67. The lowest BCUT2D eigenvalue weighted by Crippen LogP contribution is -2.35. The van der Waals surface area contributed by atoms with Gasteiger partial charge in [0.05, 0.1) is 13.0 Å². The van der Waals surface area contributed by atoms with Crippen LogP contribution < -0.4 is 15.4 Å². The van der Waals surface area contributed by atoms with Gasteiger partial charge in [-0.05, 0) is 48.9 Å². The lowest BCUT2D eigenvalue weighted by atomic mass is 10.1. The summed E-state index contributed by atoms with van der Waals surface area (Å²) in [5.74, 6) is -0.156. The summed E-state index contributed by atoms with van der Waals surface area (Å²) in [6.07, 6.45) is -0.554. The predicted molar refractivity (Wildman–Crippen MR) is 105 cm³/mol. The van der Waals surface area contributed by atoms with Gasteiger partial charge < -0.3 is 20.1 Å². The maximum Gasteiger partial charge on any atom is 0.513 e. The number of hydrogen-bond acceptors (Lipinski definition) is 5. The van der Waals surface area contributed by atoms with E-state index in [1.54, 1.807) is 31.2 Å². The summed E-state index contributed by atoms with van der Waals surface area (Å²) in [6, 6.07) is 13.1. The Morgan fingerprint density at radius 3 is 2.21 bits per heavy atom. The maximum absolute atomic E-state index is 12.1. The Balaban J connectivity index is 1.69. The number of ether oxygens (including phenoxy) is 2. The quantitative estimate of drug-likeness (QED) is 0.401. The molecule has 0 aromatic heterocycles. The molecule has 0 radical (unpaired) electrons. The van der Waals surface area contributed by atoms with Crippen LogP contribution in [-0.4, -0.2) is 37.7 Å². The van der Waals surface area contributed by atoms with Crippen molar-refractivity contribution in [2.24, 2.45) is 0 Å². The first-order chi connectivity index (χ1) is 13.5. The third-order valence-corrected chi connectivity index (χ3v) is 3.84. The number of halogens is 1. The van der Waals surface area contributed by atoms with Gasteiger partial charge in [0, 0.05) is 23.7 Å². The van der Waals surface area contributed by atoms with E-state index >= 15 is 0 Å². The highest BCUT2D eigenvalue weighted by molar-refractivity contribution is 6.30. The van der Waals surface area contributed by atoms with Crippen LogP contribution in [0.3, 0.4) is 0 Å². The van der Waals surface area contributed by atoms with Gasteiger partial charge >= 0.3 is 6.16 Å². The van der Waals surface area contributed by atoms with E-state index in [0.29, 0.717) is 17.1 Å². The lowest BCUT2D eigenvalue weighted by molar-refractivity contribution is -0.120. The molecule has 2 aromatic carbocycles. The average molecular weight is 405 g/mol. The number of hydrogen-bond donors (Lipinski definition) is 2. The third-order valence-electron chi connectivity index (χ3n) is 3.59. The summed E-state index contributed by atoms with van der Waals surface area (Å²) in [6.45, 7) is 2.48. The van der Waals surface area contributed by atoms with E-state index in [-0.39, 0.29) is 37.1 Å². The Kier molecular flexibility index (Phi) is 8.30. The van der Waals surface area contributed by atoms with E-state index in [0.717, 1.165) is 5.56 Å². The van der Waals surface area contributed by atoms with Gasteiger partial charge in [0.25, 0.3) is 5.91 Å². The summed E-state index contributed by atoms with van der Waals surface area (Å²) >= 11 is 5.81. The van der Waals surface area contributed by atoms with Crippen molar-refractivity contribution in [3.8, 4) is 5.75 Å². The van der Waals surface area contributed by atoms with Gasteiger partial charge in [-0.15, -0.1) is 0 Å². The van der Waals surface area contributed by atoms with Crippen molar-refractivity contribution in [1.82, 2.24) is 10.6 Å². The van der Waals surface area contributed by atoms with Crippen molar-refractivity contribution in [3.63, 3.8) is 0 Å². The van der Waals surface area contributed by atoms with Crippen LogP contribution in [0.1, 0.15) is 22.8 Å². The molecule has 0 spiro atoms. The Morgan fingerprint density at radius 1 is 0.929 bits per heavy atom. The van der Waals surface area contributed by atoms with Crippen LogP contribution in [0.15, 0.2) is 48.5 Å². The van der Waals surface area contributed by atoms with E-state index < -0.39 is 6.16 Å². The second-order valence-corrected chi connectivity index (χ2v) is 6.15. The molecule has 0 unspecified atom stereocenters. The molecule has 2 rings (SSSR count). The summed E-state index contributed by atoms with van der Waals surface area (Å²) < 4.78 is 9.59. The van der Waals surface area contributed by atoms with Crippen LogP contribution in [0.5, 0.6) is 5.75 Å². The second kappa shape index (κ2) is 10.9. The van der Waals surface area contributed by atoms with Crippen LogP contribution in [0.2, 0.25) is 5.02 Å². The second-order valence-electron chi connectivity index (χ2n) is 5.72. The molecule has 0 atom stereocenters. The van der Waals surface area contributed by atoms with Crippen molar-refractivity contribution in [3.05, 3.63) is 64.7 Å². The van der Waals surface area contributed by atoms with Crippen LogP contribution in [0.25, 0.3) is 0 Å². The topological polar surface area (TPSA) is 93.7 Å². The standard InChI is InChI=1S/C20H21ClN2O5/c1-2-27-20(26)28-17-9-5-15(6-10-17)19(25)23-12-11-22-18(24)13-14-3-7-16(21)8-4-14/h3-10H,2,11-13H2,1H3,(H,22,24)(H,23,25). The zero-order valence-electron chi connectivity index (χ0n) is 15.4. The van der Waals surface area contributed by atoms with Gasteiger partial charge in [-0.1, -0.05) is 23.7 Å². The zero-order chi connectivity index (χ0) is 20.4. The molecule has 2 N–H and O–H groups in total. The SMILES string of the molecule is CCOC(=O)Oc1ccc(C(=O)NCCNC(=O)Cc2ccc(Cl)cc2)cc1. The molecule has 0 saturated carbocycles. The Bertz CT molecular complexity index is 806. The Hall–Kier alpha value is -3.06. The van der Waals surface area contributed by atoms with Gasteiger partial charge in [-0.3, -0.25) is 9.59 Å². The first kappa shape index (κ1) is 21.2. The molecule has 0 aliphatic heterocycles. The van der Waals surface area contributed by atoms with Gasteiger partial charge in [0.15, 0.2) is 0 Å². The molecule has 0 bridgehead atoms. The van der Waals surface area contributed by atoms with E-state index in [2.05, 4.69) is 15.4 Å². The van der Waals surface area contributed by atoms with E-state index in [1.807, 2.05) is 0 Å². The van der Waals surface area contributed by atoms with Crippen molar-refractivity contribution in [1.29, 1.82) is 0 Å². The molecule has 0 saturated heterocycles. The van der Waals surface area contributed by atoms with E-state index in [4.69, 9.17) is 16.3 Å². The Morgan fingerprint density at radius 2 is 1.57 bits per heavy atom. The molecule has 0 aliphatic carbocycles. The predicted octanol–water partition coefficient (Wildman–Crippen LogP) is 2.96. The normalized spacial score (nSPS) is 10.1. The number of nitrogens with one attached hydrogen (secondary N) is 2. The summed E-state index contributed by atoms with van der Waals surface area (Å²) in [5.41, 5.74) is 1.26. The minimum atomic E-state index is -0.797. The highest BCUT2D eigenvalue weighted by atomic mass is 35.5. The summed E-state index contributed by atoms with van der Waals surface area (Å²) in [7, 11) is 0. The molecular weight excluding hydrogens is 384 g/mol. The van der Waals surface area contributed by atoms with Gasteiger partial charge in [0.1, 0.15) is 5.75 Å². The van der Waals surface area contributed by atoms with Crippen LogP contribution in [0.4, 0.5) is 4.79 Å². The number of carbonyl (C=O) groups is 3. The van der Waals surface area contributed by atoms with Gasteiger partial charge in [0.2, 0.25) is 5.91 Å². The maximum atomic E-state index is 12.1. The highest BCUT2D eigenvalue weighted by Gasteiger charge is 2.08. The molecular formula is C20H21ClN2O5. The largest absolute Gasteiger partial charge is 0.513 e.